The normalized spacial score (nSPS) is 13.0. The van der Waals surface area contributed by atoms with Crippen LogP contribution in [0.4, 0.5) is 0 Å². The molecule has 0 unspecified atom stereocenters. The van der Waals surface area contributed by atoms with Crippen LogP contribution in [0, 0.1) is 0 Å². The predicted octanol–water partition coefficient (Wildman–Crippen LogP) is 7.34. The van der Waals surface area contributed by atoms with Gasteiger partial charge < -0.3 is 0 Å². The fourth-order valence-electron chi connectivity index (χ4n) is 5.59. The molecule has 0 bridgehead atoms. The van der Waals surface area contributed by atoms with E-state index in [0.29, 0.717) is 0 Å². The standard InChI is InChI=1S/C28H23Si.2ClH.Hf/c1-3-11-23-19(7-1)15-27-21(9-5-13-25(23)27)17-29-18-22-10-6-14-26-24-12-4-2-8-20(24)16-28(22)26;;;/h1-14,29H,15-18H2;2*1H;/q;;;+2/p-2. The molecule has 0 saturated carbocycles. The maximum atomic E-state index is 6.86. The van der Waals surface area contributed by atoms with E-state index in [9.17, 15) is 0 Å². The number of benzene rings is 4. The molecule has 0 fully saturated rings. The second kappa shape index (κ2) is 8.72. The summed E-state index contributed by atoms with van der Waals surface area (Å²) in [5.41, 5.74) is 14.5. The van der Waals surface area contributed by atoms with E-state index in [0.717, 1.165) is 24.9 Å². The van der Waals surface area contributed by atoms with Crippen LogP contribution in [0.1, 0.15) is 33.4 Å². The van der Waals surface area contributed by atoms with E-state index in [1.807, 2.05) is 0 Å². The summed E-state index contributed by atoms with van der Waals surface area (Å²) in [6, 6.07) is 33.6. The molecule has 0 atom stereocenters. The Balaban J connectivity index is 1.31. The summed E-state index contributed by atoms with van der Waals surface area (Å²) in [6.45, 7) is 0. The van der Waals surface area contributed by atoms with Gasteiger partial charge in [-0.3, -0.25) is 0 Å². The van der Waals surface area contributed by atoms with E-state index in [2.05, 4.69) is 84.9 Å². The van der Waals surface area contributed by atoms with Gasteiger partial charge >= 0.3 is 207 Å². The van der Waals surface area contributed by atoms with Gasteiger partial charge in [0.15, 0.2) is 0 Å². The molecule has 0 aliphatic heterocycles. The molecule has 0 heterocycles. The van der Waals surface area contributed by atoms with Crippen LogP contribution in [0.15, 0.2) is 84.9 Å². The molecule has 0 spiro atoms. The molecule has 6 rings (SSSR count). The molecule has 0 N–H and O–H groups in total. The molecule has 0 aromatic heterocycles. The summed E-state index contributed by atoms with van der Waals surface area (Å²) in [5.74, 6) is -1.28. The summed E-state index contributed by atoms with van der Waals surface area (Å²) >= 11 is -2.53. The first kappa shape index (κ1) is 21.1. The van der Waals surface area contributed by atoms with Crippen molar-refractivity contribution >= 4 is 23.1 Å². The van der Waals surface area contributed by atoms with Gasteiger partial charge in [0.2, 0.25) is 0 Å². The maximum absolute atomic E-state index is 6.86. The molecule has 0 radical (unpaired) electrons. The molecule has 0 saturated heterocycles. The van der Waals surface area contributed by atoms with Crippen LogP contribution in [0.25, 0.3) is 22.3 Å². The van der Waals surface area contributed by atoms with Crippen LogP contribution in [-0.2, 0) is 43.2 Å². The summed E-state index contributed by atoms with van der Waals surface area (Å²) in [4.78, 5) is 0. The first-order valence-corrected chi connectivity index (χ1v) is 28.6. The van der Waals surface area contributed by atoms with Crippen molar-refractivity contribution in [2.24, 2.45) is 0 Å². The van der Waals surface area contributed by atoms with E-state index in [4.69, 9.17) is 17.2 Å². The van der Waals surface area contributed by atoms with Gasteiger partial charge in [-0.2, -0.15) is 0 Å². The van der Waals surface area contributed by atoms with Crippen LogP contribution in [0.2, 0.25) is 0 Å². The number of fused-ring (bicyclic) bond motifs is 6. The molecule has 4 aromatic carbocycles. The summed E-state index contributed by atoms with van der Waals surface area (Å²) < 4.78 is 0. The van der Waals surface area contributed by atoms with Gasteiger partial charge in [0.05, 0.1) is 0 Å². The van der Waals surface area contributed by atoms with Gasteiger partial charge in [-0.15, -0.1) is 0 Å². The fraction of sp³-hybridized carbons (Fsp3) is 0.143. The Bertz CT molecular complexity index is 1230. The van der Waals surface area contributed by atoms with E-state index in [-0.39, 0.29) is 0 Å². The molecular weight excluding hydrogens is 614 g/mol. The molecule has 0 nitrogen and oxygen atoms in total. The first-order valence-electron chi connectivity index (χ1n) is 11.2. The number of rotatable bonds is 5. The van der Waals surface area contributed by atoms with Gasteiger partial charge in [-0.25, -0.2) is 0 Å². The molecule has 4 aromatic rings. The van der Waals surface area contributed by atoms with Gasteiger partial charge in [0.25, 0.3) is 0 Å². The van der Waals surface area contributed by atoms with Crippen LogP contribution in [0.3, 0.4) is 0 Å². The number of hydrogen-bond donors (Lipinski definition) is 0. The monoisotopic (exact) mass is 637 g/mol. The average Bonchev–Trinajstić information content (AvgIpc) is 3.38. The number of halogens is 2. The summed E-state index contributed by atoms with van der Waals surface area (Å²) in [6.07, 6.45) is 2.09. The third-order valence-corrected chi connectivity index (χ3v) is 35.8. The Morgan fingerprint density at radius 3 is 1.47 bits per heavy atom. The Morgan fingerprint density at radius 1 is 0.562 bits per heavy atom. The zero-order chi connectivity index (χ0) is 21.7. The zero-order valence-electron chi connectivity index (χ0n) is 17.7. The molecule has 157 valence electrons. The van der Waals surface area contributed by atoms with Crippen molar-refractivity contribution in [1.29, 1.82) is 0 Å². The van der Waals surface area contributed by atoms with E-state index >= 15 is 0 Å². The predicted molar refractivity (Wildman–Crippen MR) is 136 cm³/mol. The minimum absolute atomic E-state index is 1.05. The van der Waals surface area contributed by atoms with Crippen molar-refractivity contribution in [3.63, 3.8) is 0 Å². The Kier molecular flexibility index (Phi) is 5.75. The molecule has 2 aliphatic carbocycles. The molecule has 32 heavy (non-hydrogen) atoms. The number of hydrogen-bond acceptors (Lipinski definition) is 0. The van der Waals surface area contributed by atoms with Crippen LogP contribution >= 0.6 is 17.2 Å². The van der Waals surface area contributed by atoms with Gasteiger partial charge in [-0.1, -0.05) is 0 Å². The first-order chi connectivity index (χ1) is 15.7. The molecule has 0 amide bonds. The molecular formula is C28H23Cl2HfSi. The van der Waals surface area contributed by atoms with Crippen molar-refractivity contribution in [1.82, 2.24) is 0 Å². The molecule has 2 aliphatic rings. The van der Waals surface area contributed by atoms with Crippen molar-refractivity contribution in [3.05, 3.63) is 118 Å². The average molecular weight is 637 g/mol. The van der Waals surface area contributed by atoms with Crippen molar-refractivity contribution in [2.75, 3.05) is 0 Å². The fourth-order valence-corrected chi connectivity index (χ4v) is 23.5. The Labute approximate surface area is 205 Å². The van der Waals surface area contributed by atoms with Crippen LogP contribution < -0.4 is 0 Å². The minimum atomic E-state index is -2.53. The van der Waals surface area contributed by atoms with Crippen LogP contribution in [-0.4, -0.2) is 5.98 Å². The van der Waals surface area contributed by atoms with E-state index in [1.54, 1.807) is 0 Å². The Hall–Kier alpha value is -1.45. The SMILES string of the molecule is [Cl][Hf]([Cl])[SiH](Cc1cccc2c1Cc1ccccc1-2)Cc1cccc2c1Cc1ccccc1-2. The topological polar surface area (TPSA) is 0 Å². The van der Waals surface area contributed by atoms with E-state index in [1.165, 1.54) is 55.6 Å². The molecule has 4 heteroatoms. The van der Waals surface area contributed by atoms with Crippen molar-refractivity contribution in [3.8, 4) is 22.3 Å². The Morgan fingerprint density at radius 2 is 1.00 bits per heavy atom. The van der Waals surface area contributed by atoms with E-state index < -0.39 is 24.2 Å². The van der Waals surface area contributed by atoms with Crippen molar-refractivity contribution in [2.45, 2.75) is 24.9 Å². The van der Waals surface area contributed by atoms with Gasteiger partial charge in [0, 0.05) is 0 Å². The summed E-state index contributed by atoms with van der Waals surface area (Å²) in [7, 11) is 13.7. The quantitative estimate of drug-likeness (QED) is 0.174. The third kappa shape index (κ3) is 3.70. The van der Waals surface area contributed by atoms with Gasteiger partial charge in [-0.05, 0) is 0 Å². The second-order valence-corrected chi connectivity index (χ2v) is 41.0. The summed E-state index contributed by atoms with van der Waals surface area (Å²) in [5, 5.41) is 0. The van der Waals surface area contributed by atoms with Crippen LogP contribution in [0.5, 0.6) is 0 Å². The van der Waals surface area contributed by atoms with Gasteiger partial charge in [0.1, 0.15) is 0 Å². The third-order valence-electron chi connectivity index (χ3n) is 7.14. The zero-order valence-corrected chi connectivity index (χ0v) is 24.0. The second-order valence-electron chi connectivity index (χ2n) is 8.95. The van der Waals surface area contributed by atoms with Crippen molar-refractivity contribution < 1.29 is 18.2 Å².